The summed E-state index contributed by atoms with van der Waals surface area (Å²) in [6.45, 7) is 6.21. The Morgan fingerprint density at radius 2 is 1.62 bits per heavy atom. The standard InChI is InChI=1S/C26H28N4O2/c1-2-5-20(6-3-1)25-27-22-8-4-7-21(22)26(28-25)30-13-11-29(12-14-30)18-19-9-10-23-24(17-19)32-16-15-31-23/h1-3,5-6,9-10,17H,4,7-8,11-16,18H2. The van der Waals surface area contributed by atoms with E-state index in [0.717, 1.165) is 74.3 Å². The Bertz CT molecular complexity index is 1110. The lowest BCUT2D eigenvalue weighted by Crippen LogP contribution is -2.46. The minimum absolute atomic E-state index is 0.628. The number of hydrogen-bond acceptors (Lipinski definition) is 6. The van der Waals surface area contributed by atoms with Gasteiger partial charge in [0.25, 0.3) is 0 Å². The van der Waals surface area contributed by atoms with Gasteiger partial charge in [0.2, 0.25) is 0 Å². The number of piperazine rings is 1. The van der Waals surface area contributed by atoms with E-state index in [1.165, 1.54) is 23.2 Å². The van der Waals surface area contributed by atoms with E-state index in [-0.39, 0.29) is 0 Å². The summed E-state index contributed by atoms with van der Waals surface area (Å²) < 4.78 is 11.4. The number of rotatable bonds is 4. The molecule has 3 aromatic rings. The molecule has 3 aliphatic rings. The fourth-order valence-corrected chi connectivity index (χ4v) is 4.95. The van der Waals surface area contributed by atoms with Crippen LogP contribution in [0.4, 0.5) is 5.82 Å². The van der Waals surface area contributed by atoms with Gasteiger partial charge in [0.1, 0.15) is 19.0 Å². The monoisotopic (exact) mass is 428 g/mol. The van der Waals surface area contributed by atoms with Crippen molar-refractivity contribution < 1.29 is 9.47 Å². The lowest BCUT2D eigenvalue weighted by molar-refractivity contribution is 0.171. The van der Waals surface area contributed by atoms with Crippen molar-refractivity contribution in [2.24, 2.45) is 0 Å². The summed E-state index contributed by atoms with van der Waals surface area (Å²) >= 11 is 0. The summed E-state index contributed by atoms with van der Waals surface area (Å²) in [5, 5.41) is 0. The largest absolute Gasteiger partial charge is 0.486 e. The van der Waals surface area contributed by atoms with Crippen LogP contribution in [-0.4, -0.2) is 54.3 Å². The van der Waals surface area contributed by atoms with E-state index in [9.17, 15) is 0 Å². The van der Waals surface area contributed by atoms with E-state index in [2.05, 4.69) is 46.2 Å². The Morgan fingerprint density at radius 3 is 2.47 bits per heavy atom. The second-order valence-electron chi connectivity index (χ2n) is 8.76. The molecular weight excluding hydrogens is 400 g/mol. The first kappa shape index (κ1) is 19.6. The first-order chi connectivity index (χ1) is 15.8. The van der Waals surface area contributed by atoms with Gasteiger partial charge < -0.3 is 14.4 Å². The molecule has 0 radical (unpaired) electrons. The van der Waals surface area contributed by atoms with Crippen LogP contribution in [0.3, 0.4) is 0 Å². The molecule has 32 heavy (non-hydrogen) atoms. The lowest BCUT2D eigenvalue weighted by atomic mass is 10.1. The fourth-order valence-electron chi connectivity index (χ4n) is 4.95. The molecule has 164 valence electrons. The highest BCUT2D eigenvalue weighted by atomic mass is 16.6. The number of ether oxygens (including phenoxy) is 2. The third-order valence-electron chi connectivity index (χ3n) is 6.63. The summed E-state index contributed by atoms with van der Waals surface area (Å²) in [7, 11) is 0. The van der Waals surface area contributed by atoms with Crippen LogP contribution in [-0.2, 0) is 19.4 Å². The minimum Gasteiger partial charge on any atom is -0.486 e. The normalized spacial score (nSPS) is 17.9. The average molecular weight is 429 g/mol. The Balaban J connectivity index is 1.18. The maximum Gasteiger partial charge on any atom is 0.161 e. The lowest BCUT2D eigenvalue weighted by Gasteiger charge is -2.36. The fraction of sp³-hybridized carbons (Fsp3) is 0.385. The maximum absolute atomic E-state index is 5.75. The van der Waals surface area contributed by atoms with Crippen molar-refractivity contribution in [2.75, 3.05) is 44.3 Å². The maximum atomic E-state index is 5.75. The SMILES string of the molecule is c1ccc(-c2nc3c(c(N4CCN(Cc5ccc6c(c5)OCCO6)CC4)n2)CCC3)cc1. The number of aryl methyl sites for hydroxylation is 1. The molecule has 1 saturated heterocycles. The van der Waals surface area contributed by atoms with Gasteiger partial charge in [-0.2, -0.15) is 0 Å². The van der Waals surface area contributed by atoms with Gasteiger partial charge in [-0.05, 0) is 37.0 Å². The van der Waals surface area contributed by atoms with Gasteiger partial charge in [-0.25, -0.2) is 9.97 Å². The Hall–Kier alpha value is -3.12. The van der Waals surface area contributed by atoms with Crippen LogP contribution in [0, 0.1) is 0 Å². The molecule has 2 aromatic carbocycles. The molecule has 0 bridgehead atoms. The molecule has 6 rings (SSSR count). The van der Waals surface area contributed by atoms with Crippen molar-refractivity contribution >= 4 is 5.82 Å². The van der Waals surface area contributed by atoms with Gasteiger partial charge in [0.05, 0.1) is 0 Å². The third kappa shape index (κ3) is 3.79. The number of fused-ring (bicyclic) bond motifs is 2. The zero-order chi connectivity index (χ0) is 21.3. The number of hydrogen-bond donors (Lipinski definition) is 0. The topological polar surface area (TPSA) is 50.7 Å². The minimum atomic E-state index is 0.628. The second kappa shape index (κ2) is 8.43. The Morgan fingerprint density at radius 1 is 0.812 bits per heavy atom. The molecule has 0 spiro atoms. The van der Waals surface area contributed by atoms with Crippen LogP contribution in [0.1, 0.15) is 23.2 Å². The molecule has 1 aromatic heterocycles. The van der Waals surface area contributed by atoms with Crippen molar-refractivity contribution in [3.63, 3.8) is 0 Å². The van der Waals surface area contributed by atoms with Crippen LogP contribution in [0.5, 0.6) is 11.5 Å². The molecule has 2 aliphatic heterocycles. The van der Waals surface area contributed by atoms with E-state index >= 15 is 0 Å². The summed E-state index contributed by atoms with van der Waals surface area (Å²) in [5.41, 5.74) is 4.98. The van der Waals surface area contributed by atoms with Gasteiger partial charge in [-0.3, -0.25) is 4.90 Å². The van der Waals surface area contributed by atoms with Crippen LogP contribution >= 0.6 is 0 Å². The smallest absolute Gasteiger partial charge is 0.161 e. The highest BCUT2D eigenvalue weighted by molar-refractivity contribution is 5.61. The molecule has 0 unspecified atom stereocenters. The molecular formula is C26H28N4O2. The predicted molar refractivity (Wildman–Crippen MR) is 124 cm³/mol. The van der Waals surface area contributed by atoms with Crippen molar-refractivity contribution in [2.45, 2.75) is 25.8 Å². The van der Waals surface area contributed by atoms with Crippen molar-refractivity contribution in [1.29, 1.82) is 0 Å². The van der Waals surface area contributed by atoms with Gasteiger partial charge >= 0.3 is 0 Å². The molecule has 1 aliphatic carbocycles. The number of nitrogens with zero attached hydrogens (tertiary/aromatic N) is 4. The summed E-state index contributed by atoms with van der Waals surface area (Å²) in [6.07, 6.45) is 3.34. The number of anilines is 1. The highest BCUT2D eigenvalue weighted by Crippen LogP contribution is 2.33. The van der Waals surface area contributed by atoms with Crippen LogP contribution in [0.2, 0.25) is 0 Å². The van der Waals surface area contributed by atoms with Gasteiger partial charge in [0, 0.05) is 49.5 Å². The van der Waals surface area contributed by atoms with E-state index < -0.39 is 0 Å². The average Bonchev–Trinajstić information content (AvgIpc) is 3.33. The predicted octanol–water partition coefficient (Wildman–Crippen LogP) is 3.73. The summed E-state index contributed by atoms with van der Waals surface area (Å²) in [4.78, 5) is 15.0. The number of benzene rings is 2. The molecule has 1 fully saturated rings. The summed E-state index contributed by atoms with van der Waals surface area (Å²) in [6, 6.07) is 16.7. The van der Waals surface area contributed by atoms with Crippen molar-refractivity contribution in [3.8, 4) is 22.9 Å². The van der Waals surface area contributed by atoms with E-state index in [1.54, 1.807) is 0 Å². The zero-order valence-electron chi connectivity index (χ0n) is 18.3. The van der Waals surface area contributed by atoms with Gasteiger partial charge in [0.15, 0.2) is 17.3 Å². The van der Waals surface area contributed by atoms with Gasteiger partial charge in [-0.1, -0.05) is 36.4 Å². The quantitative estimate of drug-likeness (QED) is 0.631. The van der Waals surface area contributed by atoms with E-state index in [4.69, 9.17) is 19.4 Å². The first-order valence-corrected chi connectivity index (χ1v) is 11.6. The molecule has 6 nitrogen and oxygen atoms in total. The van der Waals surface area contributed by atoms with Crippen LogP contribution in [0.15, 0.2) is 48.5 Å². The van der Waals surface area contributed by atoms with Gasteiger partial charge in [-0.15, -0.1) is 0 Å². The first-order valence-electron chi connectivity index (χ1n) is 11.6. The van der Waals surface area contributed by atoms with E-state index in [1.807, 2.05) is 12.1 Å². The molecule has 0 amide bonds. The highest BCUT2D eigenvalue weighted by Gasteiger charge is 2.26. The van der Waals surface area contributed by atoms with Crippen LogP contribution in [0.25, 0.3) is 11.4 Å². The molecule has 0 saturated carbocycles. The molecule has 0 atom stereocenters. The Kier molecular flexibility index (Phi) is 5.15. The summed E-state index contributed by atoms with van der Waals surface area (Å²) in [5.74, 6) is 3.75. The van der Waals surface area contributed by atoms with Crippen LogP contribution < -0.4 is 14.4 Å². The number of aromatic nitrogens is 2. The molecule has 3 heterocycles. The Labute approximate surface area is 188 Å². The second-order valence-corrected chi connectivity index (χ2v) is 8.76. The zero-order valence-corrected chi connectivity index (χ0v) is 18.3. The van der Waals surface area contributed by atoms with E-state index in [0.29, 0.717) is 13.2 Å². The molecule has 6 heteroatoms. The molecule has 0 N–H and O–H groups in total. The van der Waals surface area contributed by atoms with Crippen molar-refractivity contribution in [3.05, 3.63) is 65.4 Å². The third-order valence-corrected chi connectivity index (χ3v) is 6.63. The van der Waals surface area contributed by atoms with Crippen molar-refractivity contribution in [1.82, 2.24) is 14.9 Å².